The molecule has 1 rings (SSSR count). The largest absolute Gasteiger partial charge is 0.373 e. The Hall–Kier alpha value is -1.85. The molecular weight excluding hydrogens is 230 g/mol. The van der Waals surface area contributed by atoms with Crippen molar-refractivity contribution in [1.29, 1.82) is 0 Å². The molecule has 1 unspecified atom stereocenters. The molecule has 1 heterocycles. The Morgan fingerprint density at radius 2 is 2.06 bits per heavy atom. The fraction of sp³-hybridized carbons (Fsp3) is 0.583. The van der Waals surface area contributed by atoms with Crippen LogP contribution in [0.25, 0.3) is 0 Å². The van der Waals surface area contributed by atoms with E-state index in [1.807, 2.05) is 20.8 Å². The molecular formula is C12H21N5O. The quantitative estimate of drug-likeness (QED) is 0.820. The van der Waals surface area contributed by atoms with Gasteiger partial charge in [-0.1, -0.05) is 0 Å². The normalized spacial score (nSPS) is 11.8. The summed E-state index contributed by atoms with van der Waals surface area (Å²) < 4.78 is 0. The molecule has 0 aromatic carbocycles. The van der Waals surface area contributed by atoms with Crippen LogP contribution in [0.15, 0.2) is 6.07 Å². The van der Waals surface area contributed by atoms with E-state index in [4.69, 9.17) is 0 Å². The van der Waals surface area contributed by atoms with Crippen LogP contribution >= 0.6 is 0 Å². The number of likely N-dealkylation sites (N-methyl/N-ethyl adjacent to an activating group) is 1. The Kier molecular flexibility index (Phi) is 4.88. The molecule has 0 saturated carbocycles. The van der Waals surface area contributed by atoms with Gasteiger partial charge in [0.2, 0.25) is 5.91 Å². The van der Waals surface area contributed by atoms with Crippen molar-refractivity contribution in [3.63, 3.8) is 0 Å². The summed E-state index contributed by atoms with van der Waals surface area (Å²) in [5.74, 6) is 2.08. The summed E-state index contributed by atoms with van der Waals surface area (Å²) in [7, 11) is 3.58. The maximum atomic E-state index is 11.9. The minimum atomic E-state index is -0.311. The first-order chi connectivity index (χ1) is 8.47. The van der Waals surface area contributed by atoms with E-state index in [0.29, 0.717) is 18.2 Å². The Labute approximate surface area is 108 Å². The van der Waals surface area contributed by atoms with Crippen LogP contribution in [0, 0.1) is 6.92 Å². The van der Waals surface area contributed by atoms with E-state index in [0.717, 1.165) is 5.82 Å². The second-order valence-corrected chi connectivity index (χ2v) is 4.15. The molecule has 0 saturated heterocycles. The highest BCUT2D eigenvalue weighted by Crippen LogP contribution is 2.11. The Balaban J connectivity index is 2.78. The topological polar surface area (TPSA) is 70.2 Å². The minimum absolute atomic E-state index is 0.0415. The molecule has 6 nitrogen and oxygen atoms in total. The molecule has 0 aliphatic rings. The summed E-state index contributed by atoms with van der Waals surface area (Å²) in [6, 6.07) is 1.47. The number of aryl methyl sites for hydroxylation is 1. The summed E-state index contributed by atoms with van der Waals surface area (Å²) in [4.78, 5) is 22.0. The third-order valence-electron chi connectivity index (χ3n) is 2.68. The van der Waals surface area contributed by atoms with E-state index < -0.39 is 0 Å². The van der Waals surface area contributed by atoms with E-state index in [-0.39, 0.29) is 11.9 Å². The molecule has 1 atom stereocenters. The van der Waals surface area contributed by atoms with Gasteiger partial charge in [0.25, 0.3) is 0 Å². The maximum absolute atomic E-state index is 11.9. The van der Waals surface area contributed by atoms with Crippen molar-refractivity contribution in [1.82, 2.24) is 14.9 Å². The van der Waals surface area contributed by atoms with Gasteiger partial charge in [-0.25, -0.2) is 9.97 Å². The number of nitrogens with zero attached hydrogens (tertiary/aromatic N) is 3. The lowest BCUT2D eigenvalue weighted by atomic mass is 10.3. The number of anilines is 2. The van der Waals surface area contributed by atoms with Gasteiger partial charge in [0.1, 0.15) is 23.5 Å². The Bertz CT molecular complexity index is 421. The first-order valence-electron chi connectivity index (χ1n) is 6.02. The number of rotatable bonds is 5. The lowest BCUT2D eigenvalue weighted by Gasteiger charge is -2.21. The van der Waals surface area contributed by atoms with Crippen molar-refractivity contribution in [2.24, 2.45) is 0 Å². The van der Waals surface area contributed by atoms with Crippen LogP contribution in [0.3, 0.4) is 0 Å². The molecule has 0 bridgehead atoms. The summed E-state index contributed by atoms with van der Waals surface area (Å²) in [5, 5.41) is 6.05. The van der Waals surface area contributed by atoms with Crippen LogP contribution in [-0.2, 0) is 4.79 Å². The van der Waals surface area contributed by atoms with Crippen LogP contribution in [0.1, 0.15) is 19.7 Å². The zero-order chi connectivity index (χ0) is 13.7. The maximum Gasteiger partial charge on any atom is 0.244 e. The monoisotopic (exact) mass is 251 g/mol. The van der Waals surface area contributed by atoms with Gasteiger partial charge in [0, 0.05) is 26.7 Å². The molecule has 2 N–H and O–H groups in total. The van der Waals surface area contributed by atoms with Gasteiger partial charge < -0.3 is 15.5 Å². The molecule has 0 aliphatic carbocycles. The van der Waals surface area contributed by atoms with Gasteiger partial charge in [0.15, 0.2) is 0 Å². The number of hydrogen-bond donors (Lipinski definition) is 2. The second-order valence-electron chi connectivity index (χ2n) is 4.15. The van der Waals surface area contributed by atoms with E-state index in [1.54, 1.807) is 25.1 Å². The van der Waals surface area contributed by atoms with Gasteiger partial charge in [-0.15, -0.1) is 0 Å². The van der Waals surface area contributed by atoms with E-state index in [1.165, 1.54) is 0 Å². The summed E-state index contributed by atoms with van der Waals surface area (Å²) >= 11 is 0. The summed E-state index contributed by atoms with van der Waals surface area (Å²) in [5.41, 5.74) is 0. The molecule has 6 heteroatoms. The molecule has 1 aromatic rings. The van der Waals surface area contributed by atoms with Crippen molar-refractivity contribution in [3.8, 4) is 0 Å². The zero-order valence-electron chi connectivity index (χ0n) is 11.6. The number of amides is 1. The van der Waals surface area contributed by atoms with Gasteiger partial charge in [-0.3, -0.25) is 4.79 Å². The van der Waals surface area contributed by atoms with Crippen LogP contribution in [0.4, 0.5) is 11.6 Å². The average Bonchev–Trinajstić information content (AvgIpc) is 2.35. The number of nitrogens with one attached hydrogen (secondary N) is 2. The van der Waals surface area contributed by atoms with Gasteiger partial charge >= 0.3 is 0 Å². The highest BCUT2D eigenvalue weighted by atomic mass is 16.2. The molecule has 1 aromatic heterocycles. The summed E-state index contributed by atoms with van der Waals surface area (Å²) in [6.45, 7) is 6.27. The predicted molar refractivity (Wildman–Crippen MR) is 72.7 cm³/mol. The molecule has 18 heavy (non-hydrogen) atoms. The van der Waals surface area contributed by atoms with Gasteiger partial charge in [0.05, 0.1) is 0 Å². The number of hydrogen-bond acceptors (Lipinski definition) is 5. The average molecular weight is 251 g/mol. The van der Waals surface area contributed by atoms with Crippen molar-refractivity contribution in [2.45, 2.75) is 26.8 Å². The van der Waals surface area contributed by atoms with Crippen molar-refractivity contribution < 1.29 is 4.79 Å². The predicted octanol–water partition coefficient (Wildman–Crippen LogP) is 1.11. The fourth-order valence-corrected chi connectivity index (χ4v) is 1.54. The minimum Gasteiger partial charge on any atom is -0.373 e. The Morgan fingerprint density at radius 1 is 1.44 bits per heavy atom. The first-order valence-corrected chi connectivity index (χ1v) is 6.02. The molecule has 0 fully saturated rings. The van der Waals surface area contributed by atoms with Crippen LogP contribution in [0.5, 0.6) is 0 Å². The number of aromatic nitrogens is 2. The molecule has 100 valence electrons. The molecule has 0 radical (unpaired) electrons. The molecule has 0 aliphatic heterocycles. The second kappa shape index (κ2) is 6.18. The third kappa shape index (κ3) is 3.58. The first kappa shape index (κ1) is 14.2. The van der Waals surface area contributed by atoms with Crippen molar-refractivity contribution in [2.75, 3.05) is 31.3 Å². The van der Waals surface area contributed by atoms with Gasteiger partial charge in [-0.05, 0) is 20.8 Å². The van der Waals surface area contributed by atoms with Crippen LogP contribution in [-0.4, -0.2) is 47.5 Å². The Morgan fingerprint density at radius 3 is 2.61 bits per heavy atom. The van der Waals surface area contributed by atoms with E-state index >= 15 is 0 Å². The van der Waals surface area contributed by atoms with Crippen molar-refractivity contribution >= 4 is 17.5 Å². The third-order valence-corrected chi connectivity index (χ3v) is 2.68. The smallest absolute Gasteiger partial charge is 0.244 e. The zero-order valence-corrected chi connectivity index (χ0v) is 11.6. The fourth-order valence-electron chi connectivity index (χ4n) is 1.54. The van der Waals surface area contributed by atoms with Crippen molar-refractivity contribution in [3.05, 3.63) is 11.9 Å². The standard InChI is InChI=1S/C12H21N5O/c1-6-17(5)12(18)8(2)14-11-7-10(13-4)15-9(3)16-11/h7-8H,6H2,1-5H3,(H2,13,14,15,16). The summed E-state index contributed by atoms with van der Waals surface area (Å²) in [6.07, 6.45) is 0. The molecule has 1 amide bonds. The number of carbonyl (C=O) groups is 1. The molecule has 0 spiro atoms. The lowest BCUT2D eigenvalue weighted by Crippen LogP contribution is -2.39. The van der Waals surface area contributed by atoms with Gasteiger partial charge in [-0.2, -0.15) is 0 Å². The number of carbonyl (C=O) groups excluding carboxylic acids is 1. The highest BCUT2D eigenvalue weighted by Gasteiger charge is 2.16. The SMILES string of the molecule is CCN(C)C(=O)C(C)Nc1cc(NC)nc(C)n1. The van der Waals surface area contributed by atoms with E-state index in [9.17, 15) is 4.79 Å². The van der Waals surface area contributed by atoms with Crippen LogP contribution < -0.4 is 10.6 Å². The highest BCUT2D eigenvalue weighted by molar-refractivity contribution is 5.83. The van der Waals surface area contributed by atoms with E-state index in [2.05, 4.69) is 20.6 Å². The van der Waals surface area contributed by atoms with Crippen LogP contribution in [0.2, 0.25) is 0 Å². The lowest BCUT2D eigenvalue weighted by molar-refractivity contribution is -0.130.